The molecule has 3 heterocycles. The molecule has 0 N–H and O–H groups in total. The van der Waals surface area contributed by atoms with Gasteiger partial charge in [-0.05, 0) is 24.3 Å². The molecule has 1 aliphatic heterocycles. The van der Waals surface area contributed by atoms with Crippen molar-refractivity contribution in [2.24, 2.45) is 5.92 Å². The average molecular weight is 360 g/mol. The number of nitrogens with zero attached hydrogens (tertiary/aromatic N) is 4. The van der Waals surface area contributed by atoms with Crippen molar-refractivity contribution in [2.75, 3.05) is 26.2 Å². The molecule has 0 unspecified atom stereocenters. The van der Waals surface area contributed by atoms with Crippen LogP contribution in [0.5, 0.6) is 0 Å². The summed E-state index contributed by atoms with van der Waals surface area (Å²) < 4.78 is 5.38. The number of rotatable bonds is 4. The molecular weight excluding hydrogens is 336 g/mol. The maximum Gasteiger partial charge on any atom is 0.241 e. The van der Waals surface area contributed by atoms with Crippen molar-refractivity contribution >= 4 is 17.2 Å². The lowest BCUT2D eigenvalue weighted by Gasteiger charge is -2.36. The minimum absolute atomic E-state index is 0.268. The van der Waals surface area contributed by atoms with E-state index in [4.69, 9.17) is 4.52 Å². The van der Waals surface area contributed by atoms with E-state index in [-0.39, 0.29) is 5.92 Å². The van der Waals surface area contributed by atoms with Crippen molar-refractivity contribution in [3.63, 3.8) is 0 Å². The number of amides is 1. The normalized spacial score (nSPS) is 20.1. The van der Waals surface area contributed by atoms with Gasteiger partial charge in [-0.1, -0.05) is 30.5 Å². The molecule has 6 nitrogen and oxygen atoms in total. The van der Waals surface area contributed by atoms with Crippen LogP contribution in [0.3, 0.4) is 0 Å². The summed E-state index contributed by atoms with van der Waals surface area (Å²) in [4.78, 5) is 22.5. The Kier molecular flexibility index (Phi) is 5.12. The summed E-state index contributed by atoms with van der Waals surface area (Å²) in [6.07, 6.45) is 5.86. The van der Waals surface area contributed by atoms with E-state index in [9.17, 15) is 4.79 Å². The molecule has 1 saturated carbocycles. The molecule has 2 aromatic heterocycles. The molecule has 4 rings (SSSR count). The fourth-order valence-electron chi connectivity index (χ4n) is 3.75. The van der Waals surface area contributed by atoms with Gasteiger partial charge in [-0.15, -0.1) is 11.3 Å². The number of aromatic nitrogens is 2. The molecule has 1 amide bonds. The second kappa shape index (κ2) is 7.66. The Bertz CT molecular complexity index is 686. The summed E-state index contributed by atoms with van der Waals surface area (Å²) in [5.74, 6) is 1.95. The number of carbonyl (C=O) groups excluding carboxylic acids is 1. The van der Waals surface area contributed by atoms with Gasteiger partial charge < -0.3 is 9.42 Å². The van der Waals surface area contributed by atoms with Gasteiger partial charge in [0.05, 0.1) is 11.4 Å². The van der Waals surface area contributed by atoms with Crippen LogP contribution >= 0.6 is 11.3 Å². The second-order valence-corrected chi connectivity index (χ2v) is 7.87. The van der Waals surface area contributed by atoms with Crippen LogP contribution < -0.4 is 0 Å². The third-order valence-electron chi connectivity index (χ3n) is 5.21. The third kappa shape index (κ3) is 3.93. The first-order chi connectivity index (χ1) is 12.3. The summed E-state index contributed by atoms with van der Waals surface area (Å²) in [5, 5.41) is 6.07. The molecule has 7 heteroatoms. The van der Waals surface area contributed by atoms with Crippen molar-refractivity contribution in [1.29, 1.82) is 0 Å². The maximum absolute atomic E-state index is 12.6. The maximum atomic E-state index is 12.6. The van der Waals surface area contributed by atoms with Crippen molar-refractivity contribution in [2.45, 2.75) is 38.6 Å². The van der Waals surface area contributed by atoms with Crippen molar-refractivity contribution < 1.29 is 9.32 Å². The Hall–Kier alpha value is -1.73. The highest BCUT2D eigenvalue weighted by molar-refractivity contribution is 7.13. The van der Waals surface area contributed by atoms with Gasteiger partial charge in [-0.25, -0.2) is 0 Å². The van der Waals surface area contributed by atoms with E-state index in [1.807, 2.05) is 17.5 Å². The monoisotopic (exact) mass is 360 g/mol. The molecule has 25 heavy (non-hydrogen) atoms. The van der Waals surface area contributed by atoms with Crippen LogP contribution in [-0.2, 0) is 11.3 Å². The first-order valence-electron chi connectivity index (χ1n) is 9.17. The van der Waals surface area contributed by atoms with E-state index in [2.05, 4.69) is 19.9 Å². The van der Waals surface area contributed by atoms with E-state index < -0.39 is 0 Å². The predicted molar refractivity (Wildman–Crippen MR) is 96.0 cm³/mol. The fourth-order valence-corrected chi connectivity index (χ4v) is 4.40. The lowest BCUT2D eigenvalue weighted by atomic mass is 9.88. The van der Waals surface area contributed by atoms with Gasteiger partial charge in [0.2, 0.25) is 17.6 Å². The van der Waals surface area contributed by atoms with Crippen LogP contribution in [0.1, 0.15) is 38.0 Å². The van der Waals surface area contributed by atoms with Gasteiger partial charge in [0.25, 0.3) is 0 Å². The topological polar surface area (TPSA) is 62.5 Å². The third-order valence-corrected chi connectivity index (χ3v) is 6.07. The summed E-state index contributed by atoms with van der Waals surface area (Å²) in [7, 11) is 0. The number of hydrogen-bond donors (Lipinski definition) is 0. The van der Waals surface area contributed by atoms with Gasteiger partial charge in [0.15, 0.2) is 0 Å². The molecule has 2 fully saturated rings. The van der Waals surface area contributed by atoms with E-state index in [1.165, 1.54) is 19.3 Å². The van der Waals surface area contributed by atoms with Gasteiger partial charge in [0.1, 0.15) is 0 Å². The first kappa shape index (κ1) is 16.7. The standard InChI is InChI=1S/C18H24N4O2S/c23-18(14-5-2-1-3-6-14)22-10-8-21(9-11-22)13-16-19-17(20-24-16)15-7-4-12-25-15/h4,7,12,14H,1-3,5-6,8-11,13H2. The molecule has 0 spiro atoms. The summed E-state index contributed by atoms with van der Waals surface area (Å²) in [6.45, 7) is 4.01. The molecule has 0 radical (unpaired) electrons. The van der Waals surface area contributed by atoms with Gasteiger partial charge in [0, 0.05) is 32.1 Å². The van der Waals surface area contributed by atoms with E-state index in [0.29, 0.717) is 24.2 Å². The van der Waals surface area contributed by atoms with Crippen molar-refractivity contribution in [3.05, 3.63) is 23.4 Å². The second-order valence-electron chi connectivity index (χ2n) is 6.93. The molecule has 1 saturated heterocycles. The molecule has 0 aromatic carbocycles. The minimum atomic E-state index is 0.268. The summed E-state index contributed by atoms with van der Waals surface area (Å²) >= 11 is 1.61. The van der Waals surface area contributed by atoms with E-state index in [1.54, 1.807) is 11.3 Å². The highest BCUT2D eigenvalue weighted by Gasteiger charge is 2.28. The molecule has 1 aliphatic carbocycles. The Morgan fingerprint density at radius 2 is 2.00 bits per heavy atom. The zero-order valence-electron chi connectivity index (χ0n) is 14.4. The predicted octanol–water partition coefficient (Wildman–Crippen LogP) is 3.02. The van der Waals surface area contributed by atoms with Crippen LogP contribution in [0.25, 0.3) is 10.7 Å². The van der Waals surface area contributed by atoms with Crippen LogP contribution in [0.2, 0.25) is 0 Å². The molecule has 2 aliphatic rings. The number of carbonyl (C=O) groups is 1. The fraction of sp³-hybridized carbons (Fsp3) is 0.611. The number of hydrogen-bond acceptors (Lipinski definition) is 6. The first-order valence-corrected chi connectivity index (χ1v) is 10.0. The summed E-state index contributed by atoms with van der Waals surface area (Å²) in [5.41, 5.74) is 0. The van der Waals surface area contributed by atoms with Crippen LogP contribution in [0, 0.1) is 5.92 Å². The van der Waals surface area contributed by atoms with Gasteiger partial charge in [-0.3, -0.25) is 9.69 Å². The Balaban J connectivity index is 1.28. The Labute approximate surface area is 151 Å². The van der Waals surface area contributed by atoms with Crippen LogP contribution in [-0.4, -0.2) is 52.0 Å². The van der Waals surface area contributed by atoms with Gasteiger partial charge in [-0.2, -0.15) is 4.98 Å². The lowest BCUT2D eigenvalue weighted by Crippen LogP contribution is -2.50. The SMILES string of the molecule is O=C(C1CCCCC1)N1CCN(Cc2nc(-c3cccs3)no2)CC1. The van der Waals surface area contributed by atoms with Crippen LogP contribution in [0.15, 0.2) is 22.0 Å². The van der Waals surface area contributed by atoms with Gasteiger partial charge >= 0.3 is 0 Å². The molecule has 0 atom stereocenters. The molecule has 0 bridgehead atoms. The highest BCUT2D eigenvalue weighted by Crippen LogP contribution is 2.26. The average Bonchev–Trinajstić information content (AvgIpc) is 3.34. The zero-order valence-corrected chi connectivity index (χ0v) is 15.2. The van der Waals surface area contributed by atoms with Crippen molar-refractivity contribution in [1.82, 2.24) is 19.9 Å². The number of piperazine rings is 1. The largest absolute Gasteiger partial charge is 0.340 e. The molecule has 2 aromatic rings. The highest BCUT2D eigenvalue weighted by atomic mass is 32.1. The molecular formula is C18H24N4O2S. The quantitative estimate of drug-likeness (QED) is 0.839. The zero-order chi connectivity index (χ0) is 17.1. The van der Waals surface area contributed by atoms with E-state index >= 15 is 0 Å². The van der Waals surface area contributed by atoms with Crippen LogP contribution in [0.4, 0.5) is 0 Å². The summed E-state index contributed by atoms with van der Waals surface area (Å²) in [6, 6.07) is 3.98. The van der Waals surface area contributed by atoms with E-state index in [0.717, 1.165) is 43.9 Å². The Morgan fingerprint density at radius 1 is 1.20 bits per heavy atom. The molecule has 134 valence electrons. The van der Waals surface area contributed by atoms with Crippen molar-refractivity contribution in [3.8, 4) is 10.7 Å². The Morgan fingerprint density at radius 3 is 2.72 bits per heavy atom. The lowest BCUT2D eigenvalue weighted by molar-refractivity contribution is -0.138. The number of thiophene rings is 1. The smallest absolute Gasteiger partial charge is 0.241 e. The minimum Gasteiger partial charge on any atom is -0.340 e.